The van der Waals surface area contributed by atoms with Gasteiger partial charge >= 0.3 is 6.09 Å². The summed E-state index contributed by atoms with van der Waals surface area (Å²) in [6, 6.07) is 15.6. The molecule has 3 rings (SSSR count). The first-order chi connectivity index (χ1) is 19.4. The van der Waals surface area contributed by atoms with Gasteiger partial charge in [0.1, 0.15) is 12.1 Å². The number of fused-ring (bicyclic) bond motifs is 2. The number of rotatable bonds is 14. The number of unbranched alkanes of at least 4 members (excludes halogenated alkanes) is 4. The van der Waals surface area contributed by atoms with Crippen LogP contribution in [-0.4, -0.2) is 58.9 Å². The predicted molar refractivity (Wildman–Crippen MR) is 170 cm³/mol. The van der Waals surface area contributed by atoms with Gasteiger partial charge in [-0.05, 0) is 83.2 Å². The van der Waals surface area contributed by atoms with Gasteiger partial charge in [-0.2, -0.15) is 4.57 Å². The maximum absolute atomic E-state index is 12.3. The summed E-state index contributed by atoms with van der Waals surface area (Å²) in [5, 5.41) is 8.28. The van der Waals surface area contributed by atoms with Crippen LogP contribution in [0.25, 0.3) is 21.8 Å². The van der Waals surface area contributed by atoms with Crippen LogP contribution in [0.4, 0.5) is 16.2 Å². The number of pyridine rings is 1. The molecule has 0 atom stereocenters. The number of amides is 2. The van der Waals surface area contributed by atoms with Crippen molar-refractivity contribution in [3.8, 4) is 0 Å². The number of ether oxygens (including phenoxy) is 1. The Balaban J connectivity index is 0.00000616. The van der Waals surface area contributed by atoms with Gasteiger partial charge in [0, 0.05) is 88.4 Å². The number of carbonyl (C=O) groups excluding carboxylic acids is 2. The summed E-state index contributed by atoms with van der Waals surface area (Å²) >= 11 is 0. The Hall–Kier alpha value is -3.26. The molecule has 8 nitrogen and oxygen atoms in total. The first-order valence-corrected chi connectivity index (χ1v) is 14.9. The van der Waals surface area contributed by atoms with E-state index in [0.29, 0.717) is 19.5 Å². The molecule has 0 fully saturated rings. The molecule has 0 aliphatic heterocycles. The Morgan fingerprint density at radius 2 is 1.26 bits per heavy atom. The average molecular weight is 600 g/mol. The molecule has 232 valence electrons. The van der Waals surface area contributed by atoms with Crippen LogP contribution >= 0.6 is 0 Å². The molecule has 2 aromatic carbocycles. The zero-order valence-electron chi connectivity index (χ0n) is 26.6. The molecule has 0 aliphatic rings. The van der Waals surface area contributed by atoms with Crippen LogP contribution in [0, 0.1) is 0 Å². The van der Waals surface area contributed by atoms with Gasteiger partial charge in [-0.1, -0.05) is 0 Å². The molecule has 0 spiro atoms. The lowest BCUT2D eigenvalue weighted by atomic mass is 10.1. The standard InChI is InChI=1S/C33H49N5O3.ClH/c1-33(2,3)41-32(40)35-20-12-9-11-19-34-31(39)14-10-8-13-21-38-29-23-27(36(4)5)17-15-25(29)22-26-16-18-28(37(6)7)24-30(26)38;/h15-18,22-24H,8-14,19-21H2,1-7H3,(H-,34,35,39,40);1H. The highest BCUT2D eigenvalue weighted by Crippen LogP contribution is 2.25. The smallest absolute Gasteiger partial charge is 0.407 e. The maximum Gasteiger partial charge on any atom is 0.407 e. The van der Waals surface area contributed by atoms with Gasteiger partial charge in [-0.15, -0.1) is 0 Å². The number of hydrogen-bond donors (Lipinski definition) is 2. The molecule has 2 N–H and O–H groups in total. The summed E-state index contributed by atoms with van der Waals surface area (Å²) in [6.45, 7) is 7.71. The van der Waals surface area contributed by atoms with Crippen molar-refractivity contribution in [2.45, 2.75) is 77.9 Å². The second kappa shape index (κ2) is 16.4. The van der Waals surface area contributed by atoms with Crippen LogP contribution in [0.2, 0.25) is 0 Å². The molecule has 1 heterocycles. The van der Waals surface area contributed by atoms with Gasteiger partial charge in [-0.25, -0.2) is 4.79 Å². The topological polar surface area (TPSA) is 77.8 Å². The Kier molecular flexibility index (Phi) is 13.6. The molecule has 42 heavy (non-hydrogen) atoms. The van der Waals surface area contributed by atoms with Crippen molar-refractivity contribution in [1.29, 1.82) is 0 Å². The van der Waals surface area contributed by atoms with Crippen LogP contribution in [0.3, 0.4) is 0 Å². The second-order valence-corrected chi connectivity index (χ2v) is 12.2. The quantitative estimate of drug-likeness (QED) is 0.169. The van der Waals surface area contributed by atoms with Crippen molar-refractivity contribution in [3.63, 3.8) is 0 Å². The molecule has 3 aromatic rings. The molecular weight excluding hydrogens is 550 g/mol. The summed E-state index contributed by atoms with van der Waals surface area (Å²) in [7, 11) is 8.30. The van der Waals surface area contributed by atoms with Crippen molar-refractivity contribution < 1.29 is 31.3 Å². The first-order valence-electron chi connectivity index (χ1n) is 14.9. The van der Waals surface area contributed by atoms with E-state index in [1.54, 1.807) is 0 Å². The van der Waals surface area contributed by atoms with E-state index in [2.05, 4.69) is 95.7 Å². The van der Waals surface area contributed by atoms with Crippen molar-refractivity contribution in [2.75, 3.05) is 51.1 Å². The third kappa shape index (κ3) is 10.9. The van der Waals surface area contributed by atoms with Crippen LogP contribution in [-0.2, 0) is 16.1 Å². The predicted octanol–water partition coefficient (Wildman–Crippen LogP) is 2.79. The van der Waals surface area contributed by atoms with E-state index in [9.17, 15) is 9.59 Å². The second-order valence-electron chi connectivity index (χ2n) is 12.2. The van der Waals surface area contributed by atoms with E-state index in [1.165, 1.54) is 33.2 Å². The van der Waals surface area contributed by atoms with Crippen molar-refractivity contribution >= 4 is 45.2 Å². The molecule has 0 unspecified atom stereocenters. The number of halogens is 1. The summed E-state index contributed by atoms with van der Waals surface area (Å²) in [4.78, 5) is 28.3. The SMILES string of the molecule is CN(C)c1ccc2cc3ccc(N(C)C)cc3[n+](CCCCCC(=O)NCCCCCNC(=O)OC(C)(C)C)c2c1.[Cl-]. The highest BCUT2D eigenvalue weighted by Gasteiger charge is 2.18. The summed E-state index contributed by atoms with van der Waals surface area (Å²) in [5.74, 6) is 0.117. The molecule has 0 radical (unpaired) electrons. The van der Waals surface area contributed by atoms with Gasteiger partial charge in [0.15, 0.2) is 0 Å². The highest BCUT2D eigenvalue weighted by atomic mass is 35.5. The fourth-order valence-electron chi connectivity index (χ4n) is 4.85. The lowest BCUT2D eigenvalue weighted by Crippen LogP contribution is -3.00. The minimum absolute atomic E-state index is 0. The number of aryl methyl sites for hydroxylation is 1. The van der Waals surface area contributed by atoms with E-state index in [1.807, 2.05) is 20.8 Å². The van der Waals surface area contributed by atoms with E-state index < -0.39 is 5.60 Å². The lowest BCUT2D eigenvalue weighted by Gasteiger charge is -2.19. The van der Waals surface area contributed by atoms with Gasteiger partial charge < -0.3 is 37.6 Å². The van der Waals surface area contributed by atoms with E-state index in [4.69, 9.17) is 4.74 Å². The summed E-state index contributed by atoms with van der Waals surface area (Å²) in [6.07, 6.45) is 5.76. The molecule has 2 amide bonds. The van der Waals surface area contributed by atoms with E-state index in [0.717, 1.165) is 45.1 Å². The number of anilines is 2. The number of aromatic nitrogens is 1. The normalized spacial score (nSPS) is 11.2. The summed E-state index contributed by atoms with van der Waals surface area (Å²) < 4.78 is 7.68. The monoisotopic (exact) mass is 599 g/mol. The van der Waals surface area contributed by atoms with E-state index >= 15 is 0 Å². The Morgan fingerprint density at radius 3 is 1.79 bits per heavy atom. The van der Waals surface area contributed by atoms with Crippen molar-refractivity contribution in [2.24, 2.45) is 0 Å². The fraction of sp³-hybridized carbons (Fsp3) is 0.545. The number of hydrogen-bond acceptors (Lipinski definition) is 5. The number of benzene rings is 2. The molecule has 0 saturated heterocycles. The molecule has 0 saturated carbocycles. The van der Waals surface area contributed by atoms with Gasteiger partial charge in [0.2, 0.25) is 16.9 Å². The fourth-order valence-corrected chi connectivity index (χ4v) is 4.85. The van der Waals surface area contributed by atoms with E-state index in [-0.39, 0.29) is 24.4 Å². The molecule has 9 heteroatoms. The third-order valence-electron chi connectivity index (χ3n) is 7.08. The first kappa shape index (κ1) is 34.9. The number of carbonyl (C=O) groups is 2. The highest BCUT2D eigenvalue weighted by molar-refractivity contribution is 5.91. The molecular formula is C33H50ClN5O3. The van der Waals surface area contributed by atoms with Gasteiger partial charge in [0.25, 0.3) is 0 Å². The van der Waals surface area contributed by atoms with Crippen LogP contribution < -0.4 is 37.4 Å². The molecule has 0 bridgehead atoms. The molecule has 1 aromatic heterocycles. The lowest BCUT2D eigenvalue weighted by molar-refractivity contribution is -0.645. The van der Waals surface area contributed by atoms with Crippen molar-refractivity contribution in [1.82, 2.24) is 10.6 Å². The zero-order valence-corrected chi connectivity index (χ0v) is 27.3. The van der Waals surface area contributed by atoms with Crippen LogP contribution in [0.5, 0.6) is 0 Å². The minimum Gasteiger partial charge on any atom is -1.00 e. The Labute approximate surface area is 258 Å². The zero-order chi connectivity index (χ0) is 30.0. The van der Waals surface area contributed by atoms with Gasteiger partial charge in [-0.3, -0.25) is 4.79 Å². The maximum atomic E-state index is 12.3. The van der Waals surface area contributed by atoms with Crippen LogP contribution in [0.15, 0.2) is 42.5 Å². The van der Waals surface area contributed by atoms with Gasteiger partial charge in [0.05, 0.1) is 0 Å². The molecule has 0 aliphatic carbocycles. The third-order valence-corrected chi connectivity index (χ3v) is 7.08. The Morgan fingerprint density at radius 1 is 0.738 bits per heavy atom. The average Bonchev–Trinajstić information content (AvgIpc) is 2.90. The number of alkyl carbamates (subject to hydrolysis) is 1. The van der Waals surface area contributed by atoms with Crippen LogP contribution in [0.1, 0.15) is 65.7 Å². The Bertz CT molecular complexity index is 1250. The number of nitrogens with one attached hydrogen (secondary N) is 2. The summed E-state index contributed by atoms with van der Waals surface area (Å²) in [5.41, 5.74) is 4.36. The largest absolute Gasteiger partial charge is 1.00 e. The van der Waals surface area contributed by atoms with Crippen molar-refractivity contribution in [3.05, 3.63) is 42.5 Å². The minimum atomic E-state index is -0.483. The number of nitrogens with zero attached hydrogens (tertiary/aromatic N) is 3.